The Labute approximate surface area is 225 Å². The summed E-state index contributed by atoms with van der Waals surface area (Å²) in [6.45, 7) is 3.61. The summed E-state index contributed by atoms with van der Waals surface area (Å²) < 4.78 is 6.52. The second-order valence-corrected chi connectivity index (χ2v) is 13.0. The van der Waals surface area contributed by atoms with Gasteiger partial charge in [-0.3, -0.25) is 0 Å². The van der Waals surface area contributed by atoms with E-state index in [0.29, 0.717) is 17.4 Å². The zero-order valence-electron chi connectivity index (χ0n) is 23.2. The molecule has 3 saturated carbocycles. The molecule has 0 bridgehead atoms. The van der Waals surface area contributed by atoms with Gasteiger partial charge in [0, 0.05) is 18.0 Å². The number of nitrogen functional groups attached to an aromatic ring is 2. The van der Waals surface area contributed by atoms with Crippen molar-refractivity contribution in [3.8, 4) is 0 Å². The van der Waals surface area contributed by atoms with E-state index < -0.39 is 0 Å². The van der Waals surface area contributed by atoms with Crippen molar-refractivity contribution in [2.24, 2.45) is 17.3 Å². The highest BCUT2D eigenvalue weighted by atomic mass is 16.5. The number of ether oxygens (including phenoxy) is 1. The Morgan fingerprint density at radius 2 is 1.35 bits per heavy atom. The molecule has 2 aromatic rings. The molecule has 3 heteroatoms. The van der Waals surface area contributed by atoms with E-state index in [1.807, 2.05) is 18.2 Å². The first-order chi connectivity index (χ1) is 18.0. The van der Waals surface area contributed by atoms with Crippen molar-refractivity contribution in [2.75, 3.05) is 18.1 Å². The molecule has 3 aliphatic carbocycles. The van der Waals surface area contributed by atoms with Crippen LogP contribution in [0, 0.1) is 17.3 Å². The SMILES string of the molecule is CC1(C2CCC(COC3CCC(c4ccc(Cc5cc(N)cc(N)c5)cc4)CC3)CC2)CCCCCC1. The van der Waals surface area contributed by atoms with Gasteiger partial charge in [-0.2, -0.15) is 0 Å². The number of hydrogen-bond acceptors (Lipinski definition) is 3. The van der Waals surface area contributed by atoms with E-state index in [-0.39, 0.29) is 0 Å². The summed E-state index contributed by atoms with van der Waals surface area (Å²) in [5, 5.41) is 0. The highest BCUT2D eigenvalue weighted by Gasteiger charge is 2.37. The van der Waals surface area contributed by atoms with Gasteiger partial charge < -0.3 is 16.2 Å². The lowest BCUT2D eigenvalue weighted by Gasteiger charge is -2.42. The van der Waals surface area contributed by atoms with Crippen molar-refractivity contribution in [1.29, 1.82) is 0 Å². The van der Waals surface area contributed by atoms with E-state index in [9.17, 15) is 0 Å². The molecule has 0 aliphatic heterocycles. The molecule has 2 aromatic carbocycles. The van der Waals surface area contributed by atoms with Gasteiger partial charge in [0.05, 0.1) is 6.10 Å². The summed E-state index contributed by atoms with van der Waals surface area (Å²) in [5.41, 5.74) is 18.0. The van der Waals surface area contributed by atoms with Crippen LogP contribution < -0.4 is 11.5 Å². The van der Waals surface area contributed by atoms with Gasteiger partial charge in [-0.05, 0) is 129 Å². The van der Waals surface area contributed by atoms with Crippen LogP contribution in [0.4, 0.5) is 11.4 Å². The lowest BCUT2D eigenvalue weighted by atomic mass is 9.64. The molecule has 0 spiro atoms. The maximum atomic E-state index is 6.52. The van der Waals surface area contributed by atoms with Crippen molar-refractivity contribution in [2.45, 2.75) is 115 Å². The number of benzene rings is 2. The van der Waals surface area contributed by atoms with Gasteiger partial charge in [-0.25, -0.2) is 0 Å². The van der Waals surface area contributed by atoms with Gasteiger partial charge in [0.1, 0.15) is 0 Å². The maximum Gasteiger partial charge on any atom is 0.0575 e. The molecule has 37 heavy (non-hydrogen) atoms. The molecule has 0 heterocycles. The molecular weight excluding hydrogens is 452 g/mol. The van der Waals surface area contributed by atoms with E-state index in [1.165, 1.54) is 107 Å². The zero-order valence-corrected chi connectivity index (χ0v) is 23.2. The van der Waals surface area contributed by atoms with Crippen LogP contribution in [0.2, 0.25) is 0 Å². The van der Waals surface area contributed by atoms with Gasteiger partial charge in [-0.1, -0.05) is 56.9 Å². The summed E-state index contributed by atoms with van der Waals surface area (Å²) in [4.78, 5) is 0. The van der Waals surface area contributed by atoms with Crippen LogP contribution in [0.5, 0.6) is 0 Å². The van der Waals surface area contributed by atoms with E-state index in [2.05, 4.69) is 31.2 Å². The van der Waals surface area contributed by atoms with Gasteiger partial charge in [-0.15, -0.1) is 0 Å². The molecule has 0 atom stereocenters. The van der Waals surface area contributed by atoms with Gasteiger partial charge >= 0.3 is 0 Å². The van der Waals surface area contributed by atoms with Crippen molar-refractivity contribution < 1.29 is 4.74 Å². The van der Waals surface area contributed by atoms with Crippen molar-refractivity contribution in [3.05, 3.63) is 59.2 Å². The third kappa shape index (κ3) is 7.11. The molecule has 5 rings (SSSR count). The van der Waals surface area contributed by atoms with E-state index in [0.717, 1.165) is 36.2 Å². The first kappa shape index (κ1) is 26.6. The predicted octanol–water partition coefficient (Wildman–Crippen LogP) is 8.65. The average Bonchev–Trinajstić information content (AvgIpc) is 3.13. The normalized spacial score (nSPS) is 28.5. The molecule has 3 nitrogen and oxygen atoms in total. The monoisotopic (exact) mass is 502 g/mol. The van der Waals surface area contributed by atoms with Gasteiger partial charge in [0.15, 0.2) is 0 Å². The molecule has 0 amide bonds. The summed E-state index contributed by atoms with van der Waals surface area (Å²) in [6.07, 6.45) is 20.7. The van der Waals surface area contributed by atoms with Crippen LogP contribution in [0.1, 0.15) is 119 Å². The van der Waals surface area contributed by atoms with E-state index in [1.54, 1.807) is 0 Å². The van der Waals surface area contributed by atoms with Crippen LogP contribution in [-0.4, -0.2) is 12.7 Å². The summed E-state index contributed by atoms with van der Waals surface area (Å²) in [5.74, 6) is 2.44. The minimum absolute atomic E-state index is 0.474. The Balaban J connectivity index is 1.02. The Morgan fingerprint density at radius 3 is 1.97 bits per heavy atom. The average molecular weight is 503 g/mol. The molecule has 0 unspecified atom stereocenters. The van der Waals surface area contributed by atoms with E-state index >= 15 is 0 Å². The summed E-state index contributed by atoms with van der Waals surface area (Å²) >= 11 is 0. The van der Waals surface area contributed by atoms with Crippen LogP contribution >= 0.6 is 0 Å². The second-order valence-electron chi connectivity index (χ2n) is 13.0. The standard InChI is InChI=1S/C34H50N2O/c1-34(18-4-2-3-5-19-34)30-14-8-26(9-15-30)24-37-33-16-12-29(13-17-33)28-10-6-25(7-11-28)20-27-21-31(35)23-32(36)22-27/h6-7,10-11,21-23,26,29-30,33H,2-5,8-9,12-20,24,35-36H2,1H3. The number of rotatable bonds is 7. The number of anilines is 2. The fourth-order valence-corrected chi connectivity index (χ4v) is 7.80. The molecule has 0 radical (unpaired) electrons. The minimum Gasteiger partial charge on any atom is -0.399 e. The largest absolute Gasteiger partial charge is 0.399 e. The molecule has 3 fully saturated rings. The minimum atomic E-state index is 0.474. The fraction of sp³-hybridized carbons (Fsp3) is 0.647. The van der Waals surface area contributed by atoms with Crippen LogP contribution in [0.15, 0.2) is 42.5 Å². The molecule has 0 aromatic heterocycles. The smallest absolute Gasteiger partial charge is 0.0575 e. The lowest BCUT2D eigenvalue weighted by molar-refractivity contribution is -0.0118. The Morgan fingerprint density at radius 1 is 0.730 bits per heavy atom. The Bertz CT molecular complexity index is 955. The first-order valence-electron chi connectivity index (χ1n) is 15.3. The van der Waals surface area contributed by atoms with Crippen molar-refractivity contribution in [1.82, 2.24) is 0 Å². The Hall–Kier alpha value is -2.00. The van der Waals surface area contributed by atoms with E-state index in [4.69, 9.17) is 16.2 Å². The zero-order chi connectivity index (χ0) is 25.7. The van der Waals surface area contributed by atoms with Crippen LogP contribution in [-0.2, 0) is 11.2 Å². The number of hydrogen-bond donors (Lipinski definition) is 2. The third-order valence-corrected chi connectivity index (χ3v) is 10.2. The molecule has 3 aliphatic rings. The van der Waals surface area contributed by atoms with Crippen molar-refractivity contribution in [3.63, 3.8) is 0 Å². The first-order valence-corrected chi connectivity index (χ1v) is 15.3. The number of nitrogens with two attached hydrogens (primary N) is 2. The summed E-state index contributed by atoms with van der Waals surface area (Å²) in [7, 11) is 0. The van der Waals surface area contributed by atoms with Gasteiger partial charge in [0.25, 0.3) is 0 Å². The topological polar surface area (TPSA) is 61.3 Å². The fourth-order valence-electron chi connectivity index (χ4n) is 7.80. The van der Waals surface area contributed by atoms with Crippen LogP contribution in [0.3, 0.4) is 0 Å². The van der Waals surface area contributed by atoms with Crippen molar-refractivity contribution >= 4 is 11.4 Å². The quantitative estimate of drug-likeness (QED) is 0.294. The second kappa shape index (κ2) is 12.2. The third-order valence-electron chi connectivity index (χ3n) is 10.2. The molecular formula is C34H50N2O. The highest BCUT2D eigenvalue weighted by molar-refractivity contribution is 5.55. The lowest BCUT2D eigenvalue weighted by Crippen LogP contribution is -2.32. The highest BCUT2D eigenvalue weighted by Crippen LogP contribution is 2.48. The molecule has 4 N–H and O–H groups in total. The Kier molecular flexibility index (Phi) is 8.80. The molecule has 0 saturated heterocycles. The van der Waals surface area contributed by atoms with Crippen LogP contribution in [0.25, 0.3) is 0 Å². The van der Waals surface area contributed by atoms with Gasteiger partial charge in [0.2, 0.25) is 0 Å². The maximum absolute atomic E-state index is 6.52. The predicted molar refractivity (Wildman–Crippen MR) is 157 cm³/mol. The summed E-state index contributed by atoms with van der Waals surface area (Å²) in [6, 6.07) is 15.1. The molecule has 202 valence electrons.